The number of halogens is 3. The van der Waals surface area contributed by atoms with E-state index < -0.39 is 12.6 Å². The number of phenols is 1. The Morgan fingerprint density at radius 2 is 1.72 bits per heavy atom. The van der Waals surface area contributed by atoms with E-state index in [1.54, 1.807) is 48.5 Å². The average molecular weight is 346 g/mol. The van der Waals surface area contributed by atoms with E-state index in [0.29, 0.717) is 33.2 Å². The maximum absolute atomic E-state index is 12.7. The van der Waals surface area contributed by atoms with Crippen molar-refractivity contribution in [3.8, 4) is 22.6 Å². The van der Waals surface area contributed by atoms with E-state index >= 15 is 0 Å². The molecule has 0 bridgehead atoms. The topological polar surface area (TPSA) is 29.5 Å². The van der Waals surface area contributed by atoms with Gasteiger partial charge < -0.3 is 9.84 Å². The Hall–Kier alpha value is -2.69. The predicted molar refractivity (Wildman–Crippen MR) is 92.0 cm³/mol. The molecule has 0 saturated heterocycles. The van der Waals surface area contributed by atoms with Gasteiger partial charge in [0, 0.05) is 17.4 Å². The minimum Gasteiger partial charge on any atom is -0.507 e. The molecule has 0 spiro atoms. The van der Waals surface area contributed by atoms with Crippen molar-refractivity contribution in [1.29, 1.82) is 0 Å². The quantitative estimate of drug-likeness (QED) is 0.655. The molecule has 0 atom stereocenters. The van der Waals surface area contributed by atoms with Gasteiger partial charge in [0.25, 0.3) is 0 Å². The van der Waals surface area contributed by atoms with Crippen LogP contribution in [0.2, 0.25) is 0 Å². The highest BCUT2D eigenvalue weighted by Gasteiger charge is 2.27. The summed E-state index contributed by atoms with van der Waals surface area (Å²) in [6, 6.07) is 15.8. The molecule has 2 nitrogen and oxygen atoms in total. The van der Waals surface area contributed by atoms with Gasteiger partial charge >= 0.3 is 6.18 Å². The minimum absolute atomic E-state index is 0.0106. The molecule has 130 valence electrons. The van der Waals surface area contributed by atoms with Gasteiger partial charge in [0.15, 0.2) is 0 Å². The van der Waals surface area contributed by atoms with Gasteiger partial charge in [0.2, 0.25) is 0 Å². The summed E-state index contributed by atoms with van der Waals surface area (Å²) in [4.78, 5) is 0. The van der Waals surface area contributed by atoms with E-state index in [2.05, 4.69) is 0 Å². The van der Waals surface area contributed by atoms with Crippen molar-refractivity contribution in [2.75, 3.05) is 7.11 Å². The summed E-state index contributed by atoms with van der Waals surface area (Å²) < 4.78 is 43.3. The van der Waals surface area contributed by atoms with E-state index in [-0.39, 0.29) is 12.2 Å². The lowest BCUT2D eigenvalue weighted by Crippen LogP contribution is -2.09. The van der Waals surface area contributed by atoms with E-state index in [4.69, 9.17) is 4.74 Å². The average Bonchev–Trinajstić information content (AvgIpc) is 2.59. The Kier molecular flexibility index (Phi) is 4.57. The zero-order chi connectivity index (χ0) is 18.0. The summed E-state index contributed by atoms with van der Waals surface area (Å²) in [7, 11) is 1.52. The normalized spacial score (nSPS) is 11.7. The number of hydrogen-bond acceptors (Lipinski definition) is 2. The number of phenolic OH excluding ortho intramolecular Hbond substituents is 1. The van der Waals surface area contributed by atoms with Crippen LogP contribution in [0, 0.1) is 0 Å². The summed E-state index contributed by atoms with van der Waals surface area (Å²) in [6.45, 7) is 0. The van der Waals surface area contributed by atoms with Gasteiger partial charge in [-0.25, -0.2) is 0 Å². The monoisotopic (exact) mass is 346 g/mol. The standard InChI is InChI=1S/C20H17F3O2/c1-25-16-7-8-17-15(12-16)11-14(9-10-20(21,22)23)18(19(17)24)13-5-3-2-4-6-13/h2-8,11-12,24H,9-10H2,1H3. The van der Waals surface area contributed by atoms with Crippen molar-refractivity contribution in [2.45, 2.75) is 19.0 Å². The Morgan fingerprint density at radius 3 is 2.36 bits per heavy atom. The lowest BCUT2D eigenvalue weighted by molar-refractivity contribution is -0.133. The molecule has 0 amide bonds. The van der Waals surface area contributed by atoms with Crippen LogP contribution in [0.5, 0.6) is 11.5 Å². The van der Waals surface area contributed by atoms with Gasteiger partial charge in [0.05, 0.1) is 7.11 Å². The fourth-order valence-corrected chi connectivity index (χ4v) is 2.95. The van der Waals surface area contributed by atoms with Crippen LogP contribution in [-0.4, -0.2) is 18.4 Å². The second-order valence-corrected chi connectivity index (χ2v) is 5.83. The molecule has 0 aliphatic heterocycles. The molecule has 0 unspecified atom stereocenters. The van der Waals surface area contributed by atoms with E-state index in [1.807, 2.05) is 6.07 Å². The molecular formula is C20H17F3O2. The fraction of sp³-hybridized carbons (Fsp3) is 0.200. The maximum atomic E-state index is 12.7. The highest BCUT2D eigenvalue weighted by atomic mass is 19.4. The molecule has 0 fully saturated rings. The van der Waals surface area contributed by atoms with Crippen molar-refractivity contribution in [3.63, 3.8) is 0 Å². The third-order valence-electron chi connectivity index (χ3n) is 4.14. The zero-order valence-corrected chi connectivity index (χ0v) is 13.6. The first-order valence-corrected chi connectivity index (χ1v) is 7.84. The summed E-state index contributed by atoms with van der Waals surface area (Å²) >= 11 is 0. The SMILES string of the molecule is COc1ccc2c(O)c(-c3ccccc3)c(CCC(F)(F)F)cc2c1. The highest BCUT2D eigenvalue weighted by molar-refractivity contribution is 5.97. The molecule has 3 aromatic carbocycles. The highest BCUT2D eigenvalue weighted by Crippen LogP contribution is 2.41. The van der Waals surface area contributed by atoms with Crippen LogP contribution >= 0.6 is 0 Å². The molecule has 5 heteroatoms. The number of alkyl halides is 3. The number of aromatic hydroxyl groups is 1. The summed E-state index contributed by atoms with van der Waals surface area (Å²) in [6.07, 6.45) is -5.40. The molecule has 3 rings (SSSR count). The van der Waals surface area contributed by atoms with Crippen LogP contribution in [0.15, 0.2) is 54.6 Å². The van der Waals surface area contributed by atoms with Crippen LogP contribution in [0.25, 0.3) is 21.9 Å². The number of hydrogen-bond donors (Lipinski definition) is 1. The largest absolute Gasteiger partial charge is 0.507 e. The Labute approximate surface area is 143 Å². The van der Waals surface area contributed by atoms with E-state index in [1.165, 1.54) is 7.11 Å². The second-order valence-electron chi connectivity index (χ2n) is 5.83. The number of benzene rings is 3. The molecular weight excluding hydrogens is 329 g/mol. The van der Waals surface area contributed by atoms with Crippen molar-refractivity contribution in [1.82, 2.24) is 0 Å². The summed E-state index contributed by atoms with van der Waals surface area (Å²) in [5, 5.41) is 12.0. The maximum Gasteiger partial charge on any atom is 0.389 e. The Morgan fingerprint density at radius 1 is 1.00 bits per heavy atom. The van der Waals surface area contributed by atoms with E-state index in [9.17, 15) is 18.3 Å². The first-order chi connectivity index (χ1) is 11.9. The molecule has 0 saturated carbocycles. The first kappa shape index (κ1) is 17.1. The van der Waals surface area contributed by atoms with Crippen LogP contribution in [0.3, 0.4) is 0 Å². The summed E-state index contributed by atoms with van der Waals surface area (Å²) in [5.41, 5.74) is 1.60. The molecule has 0 radical (unpaired) electrons. The van der Waals surface area contributed by atoms with Gasteiger partial charge in [-0.2, -0.15) is 13.2 Å². The van der Waals surface area contributed by atoms with Crippen LogP contribution < -0.4 is 4.74 Å². The third kappa shape index (κ3) is 3.71. The fourth-order valence-electron chi connectivity index (χ4n) is 2.95. The molecule has 3 aromatic rings. The minimum atomic E-state index is -4.26. The van der Waals surface area contributed by atoms with Crippen LogP contribution in [-0.2, 0) is 6.42 Å². The number of aryl methyl sites for hydroxylation is 1. The molecule has 0 aromatic heterocycles. The molecule has 0 aliphatic rings. The Balaban J connectivity index is 2.21. The predicted octanol–water partition coefficient (Wildman–Crippen LogP) is 5.72. The smallest absolute Gasteiger partial charge is 0.389 e. The lowest BCUT2D eigenvalue weighted by atomic mass is 9.91. The number of ether oxygens (including phenoxy) is 1. The van der Waals surface area contributed by atoms with Crippen molar-refractivity contribution in [3.05, 3.63) is 60.2 Å². The van der Waals surface area contributed by atoms with Crippen LogP contribution in [0.1, 0.15) is 12.0 Å². The van der Waals surface area contributed by atoms with Gasteiger partial charge in [-0.3, -0.25) is 0 Å². The summed E-state index contributed by atoms with van der Waals surface area (Å²) in [5.74, 6) is 0.574. The third-order valence-corrected chi connectivity index (χ3v) is 4.14. The van der Waals surface area contributed by atoms with Crippen molar-refractivity contribution in [2.24, 2.45) is 0 Å². The Bertz CT molecular complexity index is 887. The zero-order valence-electron chi connectivity index (χ0n) is 13.6. The molecule has 0 heterocycles. The second kappa shape index (κ2) is 6.67. The van der Waals surface area contributed by atoms with Crippen LogP contribution in [0.4, 0.5) is 13.2 Å². The van der Waals surface area contributed by atoms with Gasteiger partial charge in [-0.1, -0.05) is 36.4 Å². The van der Waals surface area contributed by atoms with Gasteiger partial charge in [0.1, 0.15) is 11.5 Å². The molecule has 1 N–H and O–H groups in total. The molecule has 0 aliphatic carbocycles. The van der Waals surface area contributed by atoms with Gasteiger partial charge in [-0.05, 0) is 41.1 Å². The van der Waals surface area contributed by atoms with Crippen molar-refractivity contribution >= 4 is 10.8 Å². The number of methoxy groups -OCH3 is 1. The number of rotatable bonds is 4. The molecule has 25 heavy (non-hydrogen) atoms. The first-order valence-electron chi connectivity index (χ1n) is 7.84. The lowest BCUT2D eigenvalue weighted by Gasteiger charge is -2.16. The number of fused-ring (bicyclic) bond motifs is 1. The van der Waals surface area contributed by atoms with Crippen molar-refractivity contribution < 1.29 is 23.0 Å². The van der Waals surface area contributed by atoms with E-state index in [0.717, 1.165) is 0 Å². The van der Waals surface area contributed by atoms with Gasteiger partial charge in [-0.15, -0.1) is 0 Å².